The van der Waals surface area contributed by atoms with Crippen LogP contribution in [0.15, 0.2) is 47.5 Å². The van der Waals surface area contributed by atoms with Crippen LogP contribution in [0.4, 0.5) is 5.69 Å². The molecule has 0 amide bonds. The molecule has 20 heavy (non-hydrogen) atoms. The number of pyridine rings is 1. The largest absolute Gasteiger partial charge is 0.388 e. The Morgan fingerprint density at radius 1 is 1.15 bits per heavy atom. The summed E-state index contributed by atoms with van der Waals surface area (Å²) in [5, 5.41) is 2.95. The van der Waals surface area contributed by atoms with Gasteiger partial charge in [-0.15, -0.1) is 0 Å². The molecule has 0 unspecified atom stereocenters. The smallest absolute Gasteiger partial charge is 0.240 e. The van der Waals surface area contributed by atoms with Gasteiger partial charge < -0.3 is 5.32 Å². The maximum atomic E-state index is 12.2. The molecule has 0 fully saturated rings. The average molecular weight is 291 g/mol. The molecule has 0 aliphatic carbocycles. The van der Waals surface area contributed by atoms with E-state index in [1.54, 1.807) is 37.5 Å². The molecular formula is C14H17N3O2S. The predicted octanol–water partition coefficient (Wildman–Crippen LogP) is 1.91. The standard InChI is InChI=1S/C14H17N3O2S/c1-11-4-3-9-16-14(11)10-17-20(18,19)13-7-5-12(15-2)6-8-13/h3-9,15,17H,10H2,1-2H3. The van der Waals surface area contributed by atoms with E-state index in [2.05, 4.69) is 15.0 Å². The minimum atomic E-state index is -3.52. The molecule has 106 valence electrons. The number of nitrogens with zero attached hydrogens (tertiary/aromatic N) is 1. The Morgan fingerprint density at radius 2 is 1.85 bits per heavy atom. The molecule has 0 spiro atoms. The maximum Gasteiger partial charge on any atom is 0.240 e. The molecular weight excluding hydrogens is 274 g/mol. The number of hydrogen-bond acceptors (Lipinski definition) is 4. The van der Waals surface area contributed by atoms with Crippen molar-refractivity contribution >= 4 is 15.7 Å². The van der Waals surface area contributed by atoms with Crippen molar-refractivity contribution < 1.29 is 8.42 Å². The number of nitrogens with one attached hydrogen (secondary N) is 2. The van der Waals surface area contributed by atoms with Gasteiger partial charge in [0.05, 0.1) is 17.1 Å². The number of sulfonamides is 1. The number of aromatic nitrogens is 1. The van der Waals surface area contributed by atoms with Gasteiger partial charge in [0.1, 0.15) is 0 Å². The van der Waals surface area contributed by atoms with Crippen molar-refractivity contribution in [2.24, 2.45) is 0 Å². The zero-order valence-electron chi connectivity index (χ0n) is 11.4. The van der Waals surface area contributed by atoms with Crippen LogP contribution < -0.4 is 10.0 Å². The van der Waals surface area contributed by atoms with Crippen LogP contribution in [0.3, 0.4) is 0 Å². The van der Waals surface area contributed by atoms with Crippen LogP contribution in [0.5, 0.6) is 0 Å². The second-order valence-corrected chi connectivity index (χ2v) is 6.13. The van der Waals surface area contributed by atoms with Gasteiger partial charge in [0.15, 0.2) is 0 Å². The van der Waals surface area contributed by atoms with Gasteiger partial charge in [0, 0.05) is 18.9 Å². The lowest BCUT2D eigenvalue weighted by molar-refractivity contribution is 0.580. The quantitative estimate of drug-likeness (QED) is 0.883. The van der Waals surface area contributed by atoms with Gasteiger partial charge in [-0.3, -0.25) is 4.98 Å². The van der Waals surface area contributed by atoms with E-state index in [9.17, 15) is 8.42 Å². The van der Waals surface area contributed by atoms with E-state index in [0.717, 1.165) is 16.9 Å². The third-order valence-corrected chi connectivity index (χ3v) is 4.42. The molecule has 2 N–H and O–H groups in total. The Labute approximate surface area is 119 Å². The van der Waals surface area contributed by atoms with Gasteiger partial charge in [0.2, 0.25) is 10.0 Å². The summed E-state index contributed by atoms with van der Waals surface area (Å²) in [6.45, 7) is 2.08. The fourth-order valence-corrected chi connectivity index (χ4v) is 2.74. The van der Waals surface area contributed by atoms with Gasteiger partial charge in [-0.1, -0.05) is 6.07 Å². The molecule has 0 saturated heterocycles. The van der Waals surface area contributed by atoms with Crippen LogP contribution in [-0.4, -0.2) is 20.4 Å². The first-order valence-corrected chi connectivity index (χ1v) is 7.69. The molecule has 0 aliphatic heterocycles. The lowest BCUT2D eigenvalue weighted by Crippen LogP contribution is -2.24. The third kappa shape index (κ3) is 3.34. The van der Waals surface area contributed by atoms with E-state index in [-0.39, 0.29) is 11.4 Å². The van der Waals surface area contributed by atoms with E-state index < -0.39 is 10.0 Å². The minimum Gasteiger partial charge on any atom is -0.388 e. The van der Waals surface area contributed by atoms with Crippen LogP contribution in [0.1, 0.15) is 11.3 Å². The fourth-order valence-electron chi connectivity index (χ4n) is 1.75. The van der Waals surface area contributed by atoms with Crippen LogP contribution in [0, 0.1) is 6.92 Å². The summed E-state index contributed by atoms with van der Waals surface area (Å²) in [5.41, 5.74) is 2.55. The summed E-state index contributed by atoms with van der Waals surface area (Å²) in [6, 6.07) is 10.3. The van der Waals surface area contributed by atoms with Crippen molar-refractivity contribution in [3.05, 3.63) is 53.9 Å². The van der Waals surface area contributed by atoms with Crippen LogP contribution in [0.25, 0.3) is 0 Å². The van der Waals surface area contributed by atoms with Gasteiger partial charge in [-0.2, -0.15) is 0 Å². The molecule has 0 bridgehead atoms. The van der Waals surface area contributed by atoms with E-state index in [1.807, 2.05) is 19.1 Å². The molecule has 1 aromatic carbocycles. The van der Waals surface area contributed by atoms with E-state index in [4.69, 9.17) is 0 Å². The molecule has 5 nitrogen and oxygen atoms in total. The first kappa shape index (κ1) is 14.5. The number of anilines is 1. The van der Waals surface area contributed by atoms with Crippen LogP contribution in [0.2, 0.25) is 0 Å². The lowest BCUT2D eigenvalue weighted by atomic mass is 10.2. The van der Waals surface area contributed by atoms with Crippen molar-refractivity contribution in [2.45, 2.75) is 18.4 Å². The molecule has 0 saturated carbocycles. The number of hydrogen-bond donors (Lipinski definition) is 2. The molecule has 0 aliphatic rings. The molecule has 6 heteroatoms. The summed E-state index contributed by atoms with van der Waals surface area (Å²) in [7, 11) is -1.73. The Morgan fingerprint density at radius 3 is 2.45 bits per heavy atom. The topological polar surface area (TPSA) is 71.1 Å². The van der Waals surface area contributed by atoms with Crippen molar-refractivity contribution in [3.63, 3.8) is 0 Å². The van der Waals surface area contributed by atoms with Crippen molar-refractivity contribution in [3.8, 4) is 0 Å². The highest BCUT2D eigenvalue weighted by Crippen LogP contribution is 2.14. The minimum absolute atomic E-state index is 0.183. The molecule has 2 aromatic rings. The summed E-state index contributed by atoms with van der Waals surface area (Å²) in [5.74, 6) is 0. The Hall–Kier alpha value is -1.92. The van der Waals surface area contributed by atoms with Gasteiger partial charge in [-0.25, -0.2) is 13.1 Å². The summed E-state index contributed by atoms with van der Waals surface area (Å²) >= 11 is 0. The highest BCUT2D eigenvalue weighted by Gasteiger charge is 2.14. The second kappa shape index (κ2) is 6.02. The number of rotatable bonds is 5. The zero-order chi connectivity index (χ0) is 14.6. The van der Waals surface area contributed by atoms with Crippen molar-refractivity contribution in [1.29, 1.82) is 0 Å². The maximum absolute atomic E-state index is 12.2. The summed E-state index contributed by atoms with van der Waals surface area (Å²) in [6.07, 6.45) is 1.65. The average Bonchev–Trinajstić information content (AvgIpc) is 2.46. The normalized spacial score (nSPS) is 11.3. The number of aryl methyl sites for hydroxylation is 1. The molecule has 1 aromatic heterocycles. The summed E-state index contributed by atoms with van der Waals surface area (Å²) in [4.78, 5) is 4.41. The van der Waals surface area contributed by atoms with Gasteiger partial charge in [0.25, 0.3) is 0 Å². The zero-order valence-corrected chi connectivity index (χ0v) is 12.2. The monoisotopic (exact) mass is 291 g/mol. The third-order valence-electron chi connectivity index (χ3n) is 3.00. The fraction of sp³-hybridized carbons (Fsp3) is 0.214. The Balaban J connectivity index is 2.13. The first-order valence-electron chi connectivity index (χ1n) is 6.21. The van der Waals surface area contributed by atoms with Crippen molar-refractivity contribution in [2.75, 3.05) is 12.4 Å². The van der Waals surface area contributed by atoms with Crippen LogP contribution in [-0.2, 0) is 16.6 Å². The van der Waals surface area contributed by atoms with E-state index in [0.29, 0.717) is 0 Å². The Bertz CT molecular complexity index is 682. The highest BCUT2D eigenvalue weighted by molar-refractivity contribution is 7.89. The molecule has 2 rings (SSSR count). The Kier molecular flexibility index (Phi) is 4.36. The number of benzene rings is 1. The van der Waals surface area contributed by atoms with E-state index >= 15 is 0 Å². The van der Waals surface area contributed by atoms with Crippen molar-refractivity contribution in [1.82, 2.24) is 9.71 Å². The van der Waals surface area contributed by atoms with Gasteiger partial charge in [-0.05, 0) is 42.8 Å². The lowest BCUT2D eigenvalue weighted by Gasteiger charge is -2.08. The van der Waals surface area contributed by atoms with Crippen LogP contribution >= 0.6 is 0 Å². The SMILES string of the molecule is CNc1ccc(S(=O)(=O)NCc2ncccc2C)cc1. The molecule has 1 heterocycles. The second-order valence-electron chi connectivity index (χ2n) is 4.37. The molecule has 0 radical (unpaired) electrons. The summed E-state index contributed by atoms with van der Waals surface area (Å²) < 4.78 is 26.9. The van der Waals surface area contributed by atoms with E-state index in [1.165, 1.54) is 0 Å². The van der Waals surface area contributed by atoms with Gasteiger partial charge >= 0.3 is 0 Å². The molecule has 0 atom stereocenters. The highest BCUT2D eigenvalue weighted by atomic mass is 32.2. The predicted molar refractivity (Wildman–Crippen MR) is 79.0 cm³/mol. The first-order chi connectivity index (χ1) is 9.53.